The predicted molar refractivity (Wildman–Crippen MR) is 71.2 cm³/mol. The van der Waals surface area contributed by atoms with Crippen LogP contribution in [0.2, 0.25) is 0 Å². The van der Waals surface area contributed by atoms with Crippen LogP contribution in [0, 0.1) is 11.8 Å². The van der Waals surface area contributed by atoms with Crippen molar-refractivity contribution in [2.45, 2.75) is 40.0 Å². The Morgan fingerprint density at radius 2 is 2.25 bits per heavy atom. The fraction of sp³-hybridized carbons (Fsp3) is 0.500. The van der Waals surface area contributed by atoms with Gasteiger partial charge < -0.3 is 0 Å². The summed E-state index contributed by atoms with van der Waals surface area (Å²) in [6.07, 6.45) is 15.2. The van der Waals surface area contributed by atoms with Crippen LogP contribution in [0.5, 0.6) is 0 Å². The molecular weight excluding hydrogens is 192 g/mol. The summed E-state index contributed by atoms with van der Waals surface area (Å²) in [5.41, 5.74) is 4.78. The molecule has 0 saturated heterocycles. The Morgan fingerprint density at radius 3 is 2.75 bits per heavy atom. The normalized spacial score (nSPS) is 25.4. The Kier molecular flexibility index (Phi) is 3.48. The highest BCUT2D eigenvalue weighted by Crippen LogP contribution is 2.39. The largest absolute Gasteiger partial charge is 0.0804 e. The van der Waals surface area contributed by atoms with Gasteiger partial charge in [0.25, 0.3) is 0 Å². The second-order valence-electron chi connectivity index (χ2n) is 5.00. The molecule has 2 aliphatic carbocycles. The quantitative estimate of drug-likeness (QED) is 0.630. The van der Waals surface area contributed by atoms with Crippen molar-refractivity contribution in [3.05, 3.63) is 47.1 Å². The molecule has 0 N–H and O–H groups in total. The lowest BCUT2D eigenvalue weighted by Crippen LogP contribution is -2.11. The second-order valence-corrected chi connectivity index (χ2v) is 5.00. The molecule has 0 aromatic heterocycles. The van der Waals surface area contributed by atoms with Gasteiger partial charge in [-0.15, -0.1) is 0 Å². The van der Waals surface area contributed by atoms with Gasteiger partial charge in [0.1, 0.15) is 0 Å². The molecule has 0 nitrogen and oxygen atoms in total. The molecule has 0 bridgehead atoms. The maximum Gasteiger partial charge on any atom is 0.00246 e. The number of hydrogen-bond donors (Lipinski definition) is 0. The summed E-state index contributed by atoms with van der Waals surface area (Å²) in [5, 5.41) is 0. The van der Waals surface area contributed by atoms with E-state index in [1.807, 2.05) is 0 Å². The van der Waals surface area contributed by atoms with Gasteiger partial charge in [-0.25, -0.2) is 0 Å². The number of allylic oxidation sites excluding steroid dienone is 8. The van der Waals surface area contributed by atoms with E-state index in [1.165, 1.54) is 18.4 Å². The van der Waals surface area contributed by atoms with E-state index in [0.717, 1.165) is 6.42 Å². The van der Waals surface area contributed by atoms with Crippen molar-refractivity contribution in [2.75, 3.05) is 0 Å². The van der Waals surface area contributed by atoms with Gasteiger partial charge in [-0.1, -0.05) is 67.4 Å². The first kappa shape index (κ1) is 11.4. The molecule has 0 fully saturated rings. The fourth-order valence-corrected chi connectivity index (χ4v) is 2.99. The SMILES string of the molecule is CCCC(C1=CC=CC1)C1=C(C)C=CC1C. The van der Waals surface area contributed by atoms with Crippen molar-refractivity contribution in [1.29, 1.82) is 0 Å². The highest BCUT2D eigenvalue weighted by atomic mass is 14.3. The minimum Gasteiger partial charge on any atom is -0.0804 e. The Balaban J connectivity index is 2.23. The lowest BCUT2D eigenvalue weighted by molar-refractivity contribution is 0.573. The number of rotatable bonds is 4. The molecule has 0 amide bonds. The summed E-state index contributed by atoms with van der Waals surface area (Å²) in [7, 11) is 0. The highest BCUT2D eigenvalue weighted by Gasteiger charge is 2.25. The van der Waals surface area contributed by atoms with Gasteiger partial charge in [0, 0.05) is 5.92 Å². The zero-order valence-corrected chi connectivity index (χ0v) is 10.7. The van der Waals surface area contributed by atoms with Crippen LogP contribution in [-0.4, -0.2) is 0 Å². The molecule has 0 radical (unpaired) electrons. The van der Waals surface area contributed by atoms with Crippen LogP contribution >= 0.6 is 0 Å². The highest BCUT2D eigenvalue weighted by molar-refractivity contribution is 5.42. The van der Waals surface area contributed by atoms with E-state index in [-0.39, 0.29) is 0 Å². The Morgan fingerprint density at radius 1 is 1.44 bits per heavy atom. The van der Waals surface area contributed by atoms with E-state index in [1.54, 1.807) is 11.1 Å². The Labute approximate surface area is 99.4 Å². The molecule has 2 aliphatic rings. The Bertz CT molecular complexity index is 377. The van der Waals surface area contributed by atoms with Gasteiger partial charge in [0.15, 0.2) is 0 Å². The molecule has 2 atom stereocenters. The van der Waals surface area contributed by atoms with Gasteiger partial charge in [-0.3, -0.25) is 0 Å². The minimum absolute atomic E-state index is 0.637. The molecule has 0 aromatic rings. The van der Waals surface area contributed by atoms with Gasteiger partial charge in [-0.05, 0) is 25.7 Å². The lowest BCUT2D eigenvalue weighted by atomic mass is 9.81. The summed E-state index contributed by atoms with van der Waals surface area (Å²) in [5.74, 6) is 1.32. The summed E-state index contributed by atoms with van der Waals surface area (Å²) >= 11 is 0. The molecule has 2 unspecified atom stereocenters. The third-order valence-corrected chi connectivity index (χ3v) is 3.78. The van der Waals surface area contributed by atoms with Crippen molar-refractivity contribution in [3.63, 3.8) is 0 Å². The average Bonchev–Trinajstić information content (AvgIpc) is 2.87. The van der Waals surface area contributed by atoms with E-state index >= 15 is 0 Å². The molecule has 0 spiro atoms. The molecule has 0 heterocycles. The van der Waals surface area contributed by atoms with E-state index in [9.17, 15) is 0 Å². The summed E-state index contributed by atoms with van der Waals surface area (Å²) in [4.78, 5) is 0. The summed E-state index contributed by atoms with van der Waals surface area (Å²) in [6, 6.07) is 0. The van der Waals surface area contributed by atoms with Crippen LogP contribution in [0.3, 0.4) is 0 Å². The third kappa shape index (κ3) is 2.07. The van der Waals surface area contributed by atoms with Crippen LogP contribution in [0.15, 0.2) is 47.1 Å². The van der Waals surface area contributed by atoms with Crippen LogP contribution in [0.25, 0.3) is 0 Å². The maximum absolute atomic E-state index is 2.34. The first-order valence-electron chi connectivity index (χ1n) is 6.48. The van der Waals surface area contributed by atoms with Crippen LogP contribution in [0.4, 0.5) is 0 Å². The van der Waals surface area contributed by atoms with Gasteiger partial charge in [0.2, 0.25) is 0 Å². The number of hydrogen-bond acceptors (Lipinski definition) is 0. The van der Waals surface area contributed by atoms with Crippen molar-refractivity contribution in [3.8, 4) is 0 Å². The molecular formula is C16H22. The summed E-state index contributed by atoms with van der Waals surface area (Å²) in [6.45, 7) is 6.88. The van der Waals surface area contributed by atoms with E-state index < -0.39 is 0 Å². The van der Waals surface area contributed by atoms with Crippen LogP contribution in [-0.2, 0) is 0 Å². The monoisotopic (exact) mass is 214 g/mol. The van der Waals surface area contributed by atoms with E-state index in [0.29, 0.717) is 11.8 Å². The topological polar surface area (TPSA) is 0 Å². The average molecular weight is 214 g/mol. The molecule has 0 aliphatic heterocycles. The van der Waals surface area contributed by atoms with E-state index in [4.69, 9.17) is 0 Å². The van der Waals surface area contributed by atoms with Crippen molar-refractivity contribution >= 4 is 0 Å². The van der Waals surface area contributed by atoms with Crippen LogP contribution in [0.1, 0.15) is 40.0 Å². The molecule has 86 valence electrons. The van der Waals surface area contributed by atoms with Crippen molar-refractivity contribution < 1.29 is 0 Å². The third-order valence-electron chi connectivity index (χ3n) is 3.78. The molecule has 0 aromatic carbocycles. The first-order valence-corrected chi connectivity index (χ1v) is 6.48. The van der Waals surface area contributed by atoms with Gasteiger partial charge in [-0.2, -0.15) is 0 Å². The van der Waals surface area contributed by atoms with Gasteiger partial charge >= 0.3 is 0 Å². The second kappa shape index (κ2) is 4.86. The smallest absolute Gasteiger partial charge is 0.00246 e. The molecule has 16 heavy (non-hydrogen) atoms. The van der Waals surface area contributed by atoms with Crippen molar-refractivity contribution in [1.82, 2.24) is 0 Å². The fourth-order valence-electron chi connectivity index (χ4n) is 2.99. The predicted octanol–water partition coefficient (Wildman–Crippen LogP) is 4.81. The van der Waals surface area contributed by atoms with Crippen molar-refractivity contribution in [2.24, 2.45) is 11.8 Å². The summed E-state index contributed by atoms with van der Waals surface area (Å²) < 4.78 is 0. The minimum atomic E-state index is 0.637. The zero-order chi connectivity index (χ0) is 11.5. The lowest BCUT2D eigenvalue weighted by Gasteiger charge is -2.24. The Hall–Kier alpha value is -1.04. The maximum atomic E-state index is 2.34. The molecule has 0 saturated carbocycles. The standard InChI is InChI=1S/C16H22/c1-4-7-15(14-8-5-6-9-14)16-12(2)10-11-13(16)3/h5-6,8,10-12,15H,4,7,9H2,1-3H3. The van der Waals surface area contributed by atoms with E-state index in [2.05, 4.69) is 51.2 Å². The van der Waals surface area contributed by atoms with Gasteiger partial charge in [0.05, 0.1) is 0 Å². The molecule has 0 heteroatoms. The molecule has 2 rings (SSSR count). The first-order chi connectivity index (χ1) is 7.74. The zero-order valence-electron chi connectivity index (χ0n) is 10.7. The van der Waals surface area contributed by atoms with Crippen LogP contribution < -0.4 is 0 Å².